The molecule has 1 aliphatic rings. The molecule has 3 rings (SSSR count). The predicted molar refractivity (Wildman–Crippen MR) is 77.9 cm³/mol. The van der Waals surface area contributed by atoms with Gasteiger partial charge in [0.1, 0.15) is 5.69 Å². The molecular weight excluding hydrogens is 293 g/mol. The van der Waals surface area contributed by atoms with Crippen LogP contribution in [0.5, 0.6) is 0 Å². The Morgan fingerprint density at radius 2 is 2.19 bits per heavy atom. The second-order valence-electron chi connectivity index (χ2n) is 4.35. The van der Waals surface area contributed by atoms with Gasteiger partial charge in [-0.25, -0.2) is 4.98 Å². The third-order valence-electron chi connectivity index (χ3n) is 2.82. The van der Waals surface area contributed by atoms with E-state index >= 15 is 0 Å². The van der Waals surface area contributed by atoms with Crippen LogP contribution in [0.15, 0.2) is 41.3 Å². The highest BCUT2D eigenvalue weighted by Crippen LogP contribution is 2.33. The van der Waals surface area contributed by atoms with E-state index < -0.39 is 11.9 Å². The maximum absolute atomic E-state index is 13.0. The normalized spacial score (nSPS) is 13.3. The number of carbonyl (C=O) groups is 2. The zero-order valence-electron chi connectivity index (χ0n) is 10.7. The summed E-state index contributed by atoms with van der Waals surface area (Å²) in [6.07, 6.45) is 0. The fourth-order valence-corrected chi connectivity index (χ4v) is 2.68. The summed E-state index contributed by atoms with van der Waals surface area (Å²) in [6, 6.07) is 9.21. The van der Waals surface area contributed by atoms with Gasteiger partial charge in [0.05, 0.1) is 11.4 Å². The summed E-state index contributed by atoms with van der Waals surface area (Å²) in [6.45, 7) is 0. The standard InChI is InChI=1S/C14H10FN3O2S/c15-12-3-1-2-9(17-12)14(20)16-8-4-5-11-10(6-8)18-13(19)7-21-11/h1-6H,7H2,(H,16,20)(H,18,19). The Hall–Kier alpha value is -2.41. The van der Waals surface area contributed by atoms with Gasteiger partial charge < -0.3 is 10.6 Å². The molecule has 2 heterocycles. The monoisotopic (exact) mass is 303 g/mol. The van der Waals surface area contributed by atoms with Crippen LogP contribution in [-0.4, -0.2) is 22.6 Å². The lowest BCUT2D eigenvalue weighted by Gasteiger charge is -2.17. The number of pyridine rings is 1. The number of hydrogen-bond acceptors (Lipinski definition) is 4. The molecule has 5 nitrogen and oxygen atoms in total. The molecule has 2 amide bonds. The summed E-state index contributed by atoms with van der Waals surface area (Å²) in [5, 5.41) is 5.36. The molecule has 2 N–H and O–H groups in total. The first kappa shape index (κ1) is 13.6. The molecule has 0 aliphatic carbocycles. The van der Waals surface area contributed by atoms with Crippen LogP contribution in [-0.2, 0) is 4.79 Å². The van der Waals surface area contributed by atoms with Crippen molar-refractivity contribution in [2.75, 3.05) is 16.4 Å². The summed E-state index contributed by atoms with van der Waals surface area (Å²) >= 11 is 1.44. The van der Waals surface area contributed by atoms with Crippen LogP contribution in [0.1, 0.15) is 10.5 Å². The number of thioether (sulfide) groups is 1. The van der Waals surface area contributed by atoms with Gasteiger partial charge in [0.2, 0.25) is 11.9 Å². The van der Waals surface area contributed by atoms with Crippen molar-refractivity contribution < 1.29 is 14.0 Å². The molecule has 1 aliphatic heterocycles. The molecule has 1 aromatic carbocycles. The van der Waals surface area contributed by atoms with Gasteiger partial charge in [0.15, 0.2) is 0 Å². The number of aromatic nitrogens is 1. The van der Waals surface area contributed by atoms with Crippen LogP contribution in [0.3, 0.4) is 0 Å². The summed E-state index contributed by atoms with van der Waals surface area (Å²) in [5.74, 6) is -0.921. The van der Waals surface area contributed by atoms with Crippen molar-refractivity contribution in [1.29, 1.82) is 0 Å². The number of nitrogens with zero attached hydrogens (tertiary/aromatic N) is 1. The fraction of sp³-hybridized carbons (Fsp3) is 0.0714. The van der Waals surface area contributed by atoms with Crippen molar-refractivity contribution in [3.63, 3.8) is 0 Å². The van der Waals surface area contributed by atoms with E-state index in [1.165, 1.54) is 30.0 Å². The Labute approximate surface area is 124 Å². The molecule has 0 spiro atoms. The van der Waals surface area contributed by atoms with E-state index in [-0.39, 0.29) is 11.6 Å². The molecule has 1 aromatic heterocycles. The van der Waals surface area contributed by atoms with Crippen LogP contribution in [0.25, 0.3) is 0 Å². The first-order valence-corrected chi connectivity index (χ1v) is 7.11. The number of nitrogens with one attached hydrogen (secondary N) is 2. The van der Waals surface area contributed by atoms with Crippen molar-refractivity contribution >= 4 is 35.0 Å². The van der Waals surface area contributed by atoms with Crippen molar-refractivity contribution in [3.8, 4) is 0 Å². The topological polar surface area (TPSA) is 71.1 Å². The van der Waals surface area contributed by atoms with E-state index in [1.54, 1.807) is 12.1 Å². The van der Waals surface area contributed by atoms with Gasteiger partial charge in [-0.1, -0.05) is 6.07 Å². The Morgan fingerprint density at radius 3 is 3.00 bits per heavy atom. The minimum Gasteiger partial charge on any atom is -0.324 e. The van der Waals surface area contributed by atoms with Gasteiger partial charge in [-0.05, 0) is 30.3 Å². The van der Waals surface area contributed by atoms with Crippen molar-refractivity contribution in [2.24, 2.45) is 0 Å². The molecule has 0 radical (unpaired) electrons. The van der Waals surface area contributed by atoms with Gasteiger partial charge >= 0.3 is 0 Å². The summed E-state index contributed by atoms with van der Waals surface area (Å²) < 4.78 is 13.0. The van der Waals surface area contributed by atoms with Gasteiger partial charge in [-0.15, -0.1) is 11.8 Å². The predicted octanol–water partition coefficient (Wildman–Crippen LogP) is 2.52. The molecule has 0 atom stereocenters. The number of fused-ring (bicyclic) bond motifs is 1. The van der Waals surface area contributed by atoms with E-state index in [1.807, 2.05) is 6.07 Å². The fourth-order valence-electron chi connectivity index (χ4n) is 1.89. The van der Waals surface area contributed by atoms with E-state index in [0.29, 0.717) is 17.1 Å². The summed E-state index contributed by atoms with van der Waals surface area (Å²) in [7, 11) is 0. The number of carbonyl (C=O) groups excluding carboxylic acids is 2. The lowest BCUT2D eigenvalue weighted by molar-refractivity contribution is -0.113. The smallest absolute Gasteiger partial charge is 0.274 e. The van der Waals surface area contributed by atoms with E-state index in [0.717, 1.165) is 4.90 Å². The lowest BCUT2D eigenvalue weighted by atomic mass is 10.2. The summed E-state index contributed by atoms with van der Waals surface area (Å²) in [5.41, 5.74) is 1.15. The van der Waals surface area contributed by atoms with E-state index in [4.69, 9.17) is 0 Å². The lowest BCUT2D eigenvalue weighted by Crippen LogP contribution is -2.19. The van der Waals surface area contributed by atoms with Crippen molar-refractivity contribution in [1.82, 2.24) is 4.98 Å². The van der Waals surface area contributed by atoms with Crippen LogP contribution in [0.4, 0.5) is 15.8 Å². The third kappa shape index (κ3) is 3.03. The largest absolute Gasteiger partial charge is 0.324 e. The Morgan fingerprint density at radius 1 is 1.33 bits per heavy atom. The SMILES string of the molecule is O=C1CSc2ccc(NC(=O)c3cccc(F)n3)cc2N1. The van der Waals surface area contributed by atoms with Crippen LogP contribution in [0, 0.1) is 5.95 Å². The molecular formula is C14H10FN3O2S. The third-order valence-corrected chi connectivity index (χ3v) is 3.89. The van der Waals surface area contributed by atoms with Gasteiger partial charge in [0, 0.05) is 10.6 Å². The Bertz CT molecular complexity index is 736. The molecule has 0 bridgehead atoms. The zero-order chi connectivity index (χ0) is 14.8. The highest BCUT2D eigenvalue weighted by atomic mass is 32.2. The first-order chi connectivity index (χ1) is 10.1. The van der Waals surface area contributed by atoms with Crippen molar-refractivity contribution in [3.05, 3.63) is 48.0 Å². The number of halogens is 1. The quantitative estimate of drug-likeness (QED) is 0.836. The number of anilines is 2. The molecule has 0 saturated heterocycles. The van der Waals surface area contributed by atoms with Crippen LogP contribution < -0.4 is 10.6 Å². The average molecular weight is 303 g/mol. The van der Waals surface area contributed by atoms with Crippen LogP contribution in [0.2, 0.25) is 0 Å². The molecule has 0 unspecified atom stereocenters. The van der Waals surface area contributed by atoms with E-state index in [9.17, 15) is 14.0 Å². The molecule has 0 fully saturated rings. The molecule has 21 heavy (non-hydrogen) atoms. The Balaban J connectivity index is 1.80. The number of benzene rings is 1. The Kier molecular flexibility index (Phi) is 3.57. The maximum atomic E-state index is 13.0. The first-order valence-electron chi connectivity index (χ1n) is 6.12. The second-order valence-corrected chi connectivity index (χ2v) is 5.36. The second kappa shape index (κ2) is 5.53. The van der Waals surface area contributed by atoms with Gasteiger partial charge in [0.25, 0.3) is 5.91 Å². The highest BCUT2D eigenvalue weighted by molar-refractivity contribution is 8.00. The van der Waals surface area contributed by atoms with Crippen molar-refractivity contribution in [2.45, 2.75) is 4.90 Å². The van der Waals surface area contributed by atoms with Gasteiger partial charge in [-0.2, -0.15) is 4.39 Å². The number of amides is 2. The summed E-state index contributed by atoms with van der Waals surface area (Å²) in [4.78, 5) is 27.8. The van der Waals surface area contributed by atoms with Crippen LogP contribution >= 0.6 is 11.8 Å². The minimum atomic E-state index is -0.711. The highest BCUT2D eigenvalue weighted by Gasteiger charge is 2.16. The number of rotatable bonds is 2. The molecule has 106 valence electrons. The molecule has 7 heteroatoms. The van der Waals surface area contributed by atoms with E-state index in [2.05, 4.69) is 15.6 Å². The zero-order valence-corrected chi connectivity index (χ0v) is 11.5. The number of hydrogen-bond donors (Lipinski definition) is 2. The average Bonchev–Trinajstić information content (AvgIpc) is 2.46. The molecule has 0 saturated carbocycles. The molecule has 2 aromatic rings. The maximum Gasteiger partial charge on any atom is 0.274 e. The van der Waals surface area contributed by atoms with Gasteiger partial charge in [-0.3, -0.25) is 9.59 Å². The minimum absolute atomic E-state index is 0.00821.